The summed E-state index contributed by atoms with van der Waals surface area (Å²) >= 11 is 1.91. The average Bonchev–Trinajstić information content (AvgIpc) is 3.52. The summed E-state index contributed by atoms with van der Waals surface area (Å²) in [4.78, 5) is 2.50. The second-order valence-corrected chi connectivity index (χ2v) is 18.0. The third-order valence-corrected chi connectivity index (χ3v) is 12.8. The lowest BCUT2D eigenvalue weighted by Gasteiger charge is -2.39. The zero-order chi connectivity index (χ0) is 36.0. The van der Waals surface area contributed by atoms with E-state index >= 15 is 0 Å². The summed E-state index contributed by atoms with van der Waals surface area (Å²) in [6, 6.07) is 41.9. The summed E-state index contributed by atoms with van der Waals surface area (Å²) in [6.07, 6.45) is 0. The fourth-order valence-corrected chi connectivity index (χ4v) is 10.2. The fraction of sp³-hybridized carbons (Fsp3) is 0.174. The van der Waals surface area contributed by atoms with Gasteiger partial charge in [0.05, 0.1) is 5.69 Å². The number of hydrogen-bond acceptors (Lipinski definition) is 5. The molecule has 4 aliphatic heterocycles. The monoisotopic (exact) mass is 705 g/mol. The van der Waals surface area contributed by atoms with Gasteiger partial charge >= 0.3 is 0 Å². The Morgan fingerprint density at radius 3 is 1.83 bits per heavy atom. The summed E-state index contributed by atoms with van der Waals surface area (Å²) in [5.74, 6) is 5.15. The van der Waals surface area contributed by atoms with Crippen LogP contribution >= 0.6 is 11.3 Å². The van der Waals surface area contributed by atoms with E-state index in [0.717, 1.165) is 62.3 Å². The molecule has 53 heavy (non-hydrogen) atoms. The van der Waals surface area contributed by atoms with Gasteiger partial charge in [-0.05, 0) is 98.4 Å². The van der Waals surface area contributed by atoms with E-state index in [4.69, 9.17) is 14.2 Å². The van der Waals surface area contributed by atoms with Crippen LogP contribution in [-0.4, -0.2) is 13.4 Å². The Kier molecular flexibility index (Phi) is 6.24. The van der Waals surface area contributed by atoms with Gasteiger partial charge in [-0.25, -0.2) is 0 Å². The maximum atomic E-state index is 6.93. The third kappa shape index (κ3) is 4.44. The van der Waals surface area contributed by atoms with E-state index in [-0.39, 0.29) is 24.3 Å². The molecule has 0 saturated carbocycles. The maximum absolute atomic E-state index is 6.93. The van der Waals surface area contributed by atoms with Crippen molar-refractivity contribution < 1.29 is 14.2 Å². The lowest BCUT2D eigenvalue weighted by atomic mass is 9.32. The topological polar surface area (TPSA) is 30.9 Å². The van der Waals surface area contributed by atoms with Crippen LogP contribution in [0.25, 0.3) is 10.1 Å². The second kappa shape index (κ2) is 10.6. The number of benzene rings is 6. The molecule has 0 spiro atoms. The Labute approximate surface area is 315 Å². The van der Waals surface area contributed by atoms with Crippen LogP contribution in [0.4, 0.5) is 17.1 Å². The predicted molar refractivity (Wildman–Crippen MR) is 223 cm³/mol. The normalized spacial score (nSPS) is 14.6. The summed E-state index contributed by atoms with van der Waals surface area (Å²) in [6.45, 7) is 13.7. The molecule has 7 aromatic rings. The first-order valence-corrected chi connectivity index (χ1v) is 19.4. The molecule has 5 heterocycles. The van der Waals surface area contributed by atoms with Crippen LogP contribution in [0.1, 0.15) is 52.7 Å². The lowest BCUT2D eigenvalue weighted by molar-refractivity contribution is 0.456. The predicted octanol–water partition coefficient (Wildman–Crippen LogP) is 8.63. The van der Waals surface area contributed by atoms with Crippen LogP contribution in [0.5, 0.6) is 34.5 Å². The fourth-order valence-electron chi connectivity index (χ4n) is 8.89. The lowest BCUT2D eigenvalue weighted by Crippen LogP contribution is -2.62. The first kappa shape index (κ1) is 31.2. The molecule has 1 aromatic heterocycles. The molecule has 0 saturated heterocycles. The van der Waals surface area contributed by atoms with E-state index in [0.29, 0.717) is 0 Å². The van der Waals surface area contributed by atoms with Gasteiger partial charge in [0, 0.05) is 37.8 Å². The number of para-hydroxylation sites is 1. The van der Waals surface area contributed by atoms with Gasteiger partial charge in [-0.3, -0.25) is 0 Å². The highest BCUT2D eigenvalue weighted by molar-refractivity contribution is 7.33. The van der Waals surface area contributed by atoms with Crippen molar-refractivity contribution in [2.45, 2.75) is 52.4 Å². The van der Waals surface area contributed by atoms with E-state index in [1.54, 1.807) is 0 Å². The molecule has 0 fully saturated rings. The van der Waals surface area contributed by atoms with Crippen molar-refractivity contribution >= 4 is 84.0 Å². The molecule has 7 heteroatoms. The minimum absolute atomic E-state index is 0.0153. The van der Waals surface area contributed by atoms with E-state index in [2.05, 4.69) is 144 Å². The second-order valence-electron chi connectivity index (χ2n) is 16.9. The molecule has 0 unspecified atom stereocenters. The molecule has 256 valence electrons. The number of rotatable bonds is 1. The number of fused-ring (bicyclic) bond motifs is 10. The average molecular weight is 705 g/mol. The Morgan fingerprint density at radius 2 is 1.11 bits per heavy atom. The molecule has 0 radical (unpaired) electrons. The smallest absolute Gasteiger partial charge is 0.268 e. The van der Waals surface area contributed by atoms with E-state index in [1.807, 2.05) is 29.5 Å². The van der Waals surface area contributed by atoms with Gasteiger partial charge in [-0.1, -0.05) is 96.1 Å². The van der Waals surface area contributed by atoms with Crippen molar-refractivity contribution in [1.29, 1.82) is 0 Å². The first-order valence-electron chi connectivity index (χ1n) is 18.6. The quantitative estimate of drug-likeness (QED) is 0.160. The van der Waals surface area contributed by atoms with Crippen molar-refractivity contribution in [2.75, 3.05) is 4.90 Å². The summed E-state index contributed by atoms with van der Waals surface area (Å²) in [5, 5.41) is 1.29. The van der Waals surface area contributed by atoms with Gasteiger partial charge < -0.3 is 19.1 Å². The van der Waals surface area contributed by atoms with Crippen LogP contribution < -0.4 is 51.2 Å². The number of anilines is 3. The molecule has 11 rings (SSSR count). The first-order chi connectivity index (χ1) is 25.5. The van der Waals surface area contributed by atoms with Crippen molar-refractivity contribution in [3.05, 3.63) is 126 Å². The van der Waals surface area contributed by atoms with Gasteiger partial charge in [0.1, 0.15) is 34.5 Å². The highest BCUT2D eigenvalue weighted by atomic mass is 32.1. The van der Waals surface area contributed by atoms with Crippen molar-refractivity contribution in [1.82, 2.24) is 0 Å². The molecule has 0 aliphatic carbocycles. The number of thiophene rings is 1. The van der Waals surface area contributed by atoms with Crippen molar-refractivity contribution in [2.24, 2.45) is 0 Å². The van der Waals surface area contributed by atoms with E-state index in [1.165, 1.54) is 42.6 Å². The van der Waals surface area contributed by atoms with Gasteiger partial charge in [0.25, 0.3) is 13.4 Å². The minimum Gasteiger partial charge on any atom is -0.458 e. The van der Waals surface area contributed by atoms with Crippen LogP contribution in [-0.2, 0) is 10.8 Å². The third-order valence-electron chi connectivity index (χ3n) is 11.6. The van der Waals surface area contributed by atoms with Crippen LogP contribution in [0.2, 0.25) is 0 Å². The Hall–Kier alpha value is -5.39. The van der Waals surface area contributed by atoms with E-state index < -0.39 is 0 Å². The van der Waals surface area contributed by atoms with Crippen LogP contribution in [0.15, 0.2) is 115 Å². The zero-order valence-corrected chi connectivity index (χ0v) is 31.5. The van der Waals surface area contributed by atoms with E-state index in [9.17, 15) is 0 Å². The van der Waals surface area contributed by atoms with Gasteiger partial charge in [0.15, 0.2) is 0 Å². The SMILES string of the molecule is CC(C)(C)c1ccc(N2c3cccc4c3B(c3cc5c(cc3O4)Oc3cccc4c3B5c3ccccc3O4)c3sc4ccc(C(C)(C)C)cc4c32)cc1. The molecule has 0 amide bonds. The van der Waals surface area contributed by atoms with Crippen molar-refractivity contribution in [3.8, 4) is 34.5 Å². The van der Waals surface area contributed by atoms with Gasteiger partial charge in [-0.15, -0.1) is 11.3 Å². The Bertz CT molecular complexity index is 2700. The highest BCUT2D eigenvalue weighted by Gasteiger charge is 2.47. The largest absolute Gasteiger partial charge is 0.458 e. The highest BCUT2D eigenvalue weighted by Crippen LogP contribution is 2.47. The van der Waals surface area contributed by atoms with Crippen LogP contribution in [0, 0.1) is 0 Å². The zero-order valence-electron chi connectivity index (χ0n) is 30.7. The molecule has 0 bridgehead atoms. The van der Waals surface area contributed by atoms with Gasteiger partial charge in [-0.2, -0.15) is 0 Å². The summed E-state index contributed by atoms with van der Waals surface area (Å²) < 4.78 is 22.7. The molecule has 4 nitrogen and oxygen atoms in total. The molecule has 6 aromatic carbocycles. The van der Waals surface area contributed by atoms with Crippen LogP contribution in [0.3, 0.4) is 0 Å². The Balaban J connectivity index is 1.17. The number of nitrogens with zero attached hydrogens (tertiary/aromatic N) is 1. The molecule has 4 aliphatic rings. The minimum atomic E-state index is -0.0190. The standard InChI is InChI=1S/C46H37B2NO3S/c1-45(2,3)26-17-20-28(21-18-26)49-33-12-9-14-35-41(33)48(44-43(49)29-23-27(46(4,5)6)19-22-40(29)53-44)32-24-31-38(25-39(32)51-35)52-37-16-10-15-36-42(37)47(31)30-11-7-8-13-34(30)50-36/h7-25H,1-6H3. The number of hydrogen-bond donors (Lipinski definition) is 0. The van der Waals surface area contributed by atoms with Crippen molar-refractivity contribution in [3.63, 3.8) is 0 Å². The summed E-state index contributed by atoms with van der Waals surface area (Å²) in [5.41, 5.74) is 12.1. The molecular formula is C46H37B2NO3S. The summed E-state index contributed by atoms with van der Waals surface area (Å²) in [7, 11) is 0. The molecule has 0 atom stereocenters. The van der Waals surface area contributed by atoms with Gasteiger partial charge in [0.2, 0.25) is 0 Å². The maximum Gasteiger partial charge on any atom is 0.268 e. The number of ether oxygens (including phenoxy) is 3. The Morgan fingerprint density at radius 1 is 0.509 bits per heavy atom. The molecule has 0 N–H and O–H groups in total. The molecular weight excluding hydrogens is 668 g/mol.